The summed E-state index contributed by atoms with van der Waals surface area (Å²) in [4.78, 5) is 29.2. The maximum Gasteiger partial charge on any atom is 0.257 e. The molecule has 0 aliphatic heterocycles. The lowest BCUT2D eigenvalue weighted by molar-refractivity contribution is 0.0951. The summed E-state index contributed by atoms with van der Waals surface area (Å²) in [6, 6.07) is 8.71. The van der Waals surface area contributed by atoms with Crippen molar-refractivity contribution in [1.82, 2.24) is 20.0 Å². The summed E-state index contributed by atoms with van der Waals surface area (Å²) in [5, 5.41) is 7.29. The fourth-order valence-corrected chi connectivity index (χ4v) is 3.29. The van der Waals surface area contributed by atoms with Gasteiger partial charge in [0.25, 0.3) is 11.5 Å². The summed E-state index contributed by atoms with van der Waals surface area (Å²) < 4.78 is 6.70. The van der Waals surface area contributed by atoms with Crippen LogP contribution >= 0.6 is 11.6 Å². The van der Waals surface area contributed by atoms with Gasteiger partial charge in [0.1, 0.15) is 17.0 Å². The van der Waals surface area contributed by atoms with E-state index in [0.29, 0.717) is 40.1 Å². The summed E-state index contributed by atoms with van der Waals surface area (Å²) >= 11 is 6.23. The van der Waals surface area contributed by atoms with Crippen molar-refractivity contribution in [3.63, 3.8) is 0 Å². The molecule has 0 bridgehead atoms. The zero-order valence-corrected chi connectivity index (χ0v) is 16.1. The number of hydrogen-bond acceptors (Lipinski definition) is 5. The number of carbonyl (C=O) groups excluding carboxylic acids is 1. The van der Waals surface area contributed by atoms with Crippen LogP contribution in [0.15, 0.2) is 46.0 Å². The van der Waals surface area contributed by atoms with E-state index in [1.54, 1.807) is 37.5 Å². The maximum absolute atomic E-state index is 12.7. The molecule has 144 valence electrons. The first-order chi connectivity index (χ1) is 13.5. The molecule has 1 aliphatic rings. The Morgan fingerprint density at radius 3 is 2.86 bits per heavy atom. The van der Waals surface area contributed by atoms with Crippen LogP contribution in [0.5, 0.6) is 0 Å². The minimum absolute atomic E-state index is 0.107. The van der Waals surface area contributed by atoms with E-state index in [2.05, 4.69) is 15.5 Å². The van der Waals surface area contributed by atoms with Gasteiger partial charge in [0.15, 0.2) is 0 Å². The smallest absolute Gasteiger partial charge is 0.257 e. The fraction of sp³-hybridized carbons (Fsp3) is 0.300. The van der Waals surface area contributed by atoms with E-state index < -0.39 is 0 Å². The molecule has 1 aromatic carbocycles. The average molecular weight is 399 g/mol. The van der Waals surface area contributed by atoms with E-state index in [1.165, 1.54) is 4.57 Å². The third kappa shape index (κ3) is 3.71. The molecule has 3 aromatic rings. The lowest BCUT2D eigenvalue weighted by Crippen LogP contribution is -2.31. The van der Waals surface area contributed by atoms with Crippen molar-refractivity contribution in [1.29, 1.82) is 0 Å². The number of hydrogen-bond donors (Lipinski definition) is 1. The number of aryl methyl sites for hydroxylation is 1. The summed E-state index contributed by atoms with van der Waals surface area (Å²) in [7, 11) is 0. The topological polar surface area (TPSA) is 90.0 Å². The fourth-order valence-electron chi connectivity index (χ4n) is 3.07. The van der Waals surface area contributed by atoms with Gasteiger partial charge in [0, 0.05) is 30.6 Å². The van der Waals surface area contributed by atoms with Crippen molar-refractivity contribution in [3.8, 4) is 11.3 Å². The van der Waals surface area contributed by atoms with Gasteiger partial charge in [0.05, 0.1) is 17.0 Å². The lowest BCUT2D eigenvalue weighted by Gasteiger charge is -2.08. The highest BCUT2D eigenvalue weighted by Crippen LogP contribution is 2.38. The number of nitrogens with zero attached hydrogens (tertiary/aromatic N) is 3. The van der Waals surface area contributed by atoms with Crippen molar-refractivity contribution in [2.24, 2.45) is 0 Å². The number of nitrogens with one attached hydrogen (secondary N) is 1. The second kappa shape index (κ2) is 7.59. The van der Waals surface area contributed by atoms with Gasteiger partial charge in [0.2, 0.25) is 0 Å². The molecular formula is C20H19ClN4O3. The van der Waals surface area contributed by atoms with Gasteiger partial charge in [-0.2, -0.15) is 0 Å². The highest BCUT2D eigenvalue weighted by atomic mass is 35.5. The first-order valence-electron chi connectivity index (χ1n) is 9.10. The highest BCUT2D eigenvalue weighted by molar-refractivity contribution is 6.33. The average Bonchev–Trinajstić information content (AvgIpc) is 3.46. The molecule has 1 saturated carbocycles. The maximum atomic E-state index is 12.7. The largest absolute Gasteiger partial charge is 0.360 e. The van der Waals surface area contributed by atoms with Crippen LogP contribution in [0.25, 0.3) is 11.3 Å². The molecule has 1 N–H and O–H groups in total. The molecule has 2 aromatic heterocycles. The quantitative estimate of drug-likeness (QED) is 0.688. The third-order valence-corrected chi connectivity index (χ3v) is 5.08. The van der Waals surface area contributed by atoms with Crippen LogP contribution in [-0.2, 0) is 6.54 Å². The number of carbonyl (C=O) groups is 1. The summed E-state index contributed by atoms with van der Waals surface area (Å²) in [5.41, 5.74) is 2.11. The molecule has 1 amide bonds. The van der Waals surface area contributed by atoms with Gasteiger partial charge in [-0.05, 0) is 25.8 Å². The number of halogens is 1. The van der Waals surface area contributed by atoms with Crippen LogP contribution in [0.1, 0.15) is 40.6 Å². The SMILES string of the molecule is Cc1onc(-c2ccccc2Cl)c1C(=O)NCCn1cnc(C2CC2)cc1=O. The van der Waals surface area contributed by atoms with Crippen LogP contribution in [-0.4, -0.2) is 27.2 Å². The van der Waals surface area contributed by atoms with Crippen LogP contribution in [0, 0.1) is 6.92 Å². The number of rotatable bonds is 6. The Kier molecular flexibility index (Phi) is 5.00. The monoisotopic (exact) mass is 398 g/mol. The molecule has 1 fully saturated rings. The van der Waals surface area contributed by atoms with Crippen LogP contribution < -0.4 is 10.9 Å². The highest BCUT2D eigenvalue weighted by Gasteiger charge is 2.25. The Morgan fingerprint density at radius 2 is 2.14 bits per heavy atom. The van der Waals surface area contributed by atoms with Gasteiger partial charge in [-0.15, -0.1) is 0 Å². The summed E-state index contributed by atoms with van der Waals surface area (Å²) in [6.07, 6.45) is 3.73. The zero-order valence-electron chi connectivity index (χ0n) is 15.3. The van der Waals surface area contributed by atoms with Gasteiger partial charge in [-0.25, -0.2) is 4.98 Å². The molecule has 1 aliphatic carbocycles. The van der Waals surface area contributed by atoms with Gasteiger partial charge in [-0.1, -0.05) is 35.0 Å². The van der Waals surface area contributed by atoms with E-state index in [0.717, 1.165) is 18.5 Å². The van der Waals surface area contributed by atoms with E-state index >= 15 is 0 Å². The minimum Gasteiger partial charge on any atom is -0.360 e. The molecule has 7 nitrogen and oxygen atoms in total. The first kappa shape index (κ1) is 18.4. The van der Waals surface area contributed by atoms with Crippen molar-refractivity contribution < 1.29 is 9.32 Å². The van der Waals surface area contributed by atoms with Gasteiger partial charge >= 0.3 is 0 Å². The number of benzene rings is 1. The first-order valence-corrected chi connectivity index (χ1v) is 9.48. The van der Waals surface area contributed by atoms with Crippen LogP contribution in [0.2, 0.25) is 5.02 Å². The molecule has 4 rings (SSSR count). The van der Waals surface area contributed by atoms with Crippen molar-refractivity contribution >= 4 is 17.5 Å². The van der Waals surface area contributed by atoms with Crippen molar-refractivity contribution in [2.45, 2.75) is 32.2 Å². The van der Waals surface area contributed by atoms with Crippen LogP contribution in [0.3, 0.4) is 0 Å². The molecule has 28 heavy (non-hydrogen) atoms. The molecular weight excluding hydrogens is 380 g/mol. The van der Waals surface area contributed by atoms with E-state index in [-0.39, 0.29) is 18.0 Å². The molecule has 0 radical (unpaired) electrons. The van der Waals surface area contributed by atoms with Gasteiger partial charge < -0.3 is 9.84 Å². The Balaban J connectivity index is 1.46. The predicted octanol–water partition coefficient (Wildman–Crippen LogP) is 3.17. The molecule has 2 heterocycles. The predicted molar refractivity (Wildman–Crippen MR) is 104 cm³/mol. The minimum atomic E-state index is -0.329. The van der Waals surface area contributed by atoms with E-state index in [4.69, 9.17) is 16.1 Å². The second-order valence-electron chi connectivity index (χ2n) is 6.82. The number of amides is 1. The number of aromatic nitrogens is 3. The zero-order chi connectivity index (χ0) is 19.7. The molecule has 0 saturated heterocycles. The van der Waals surface area contributed by atoms with E-state index in [9.17, 15) is 9.59 Å². The van der Waals surface area contributed by atoms with E-state index in [1.807, 2.05) is 6.07 Å². The molecule has 0 spiro atoms. The Morgan fingerprint density at radius 1 is 1.36 bits per heavy atom. The molecule has 0 unspecified atom stereocenters. The van der Waals surface area contributed by atoms with Crippen LogP contribution in [0.4, 0.5) is 0 Å². The Hall–Kier alpha value is -2.93. The summed E-state index contributed by atoms with van der Waals surface area (Å²) in [6.45, 7) is 2.28. The third-order valence-electron chi connectivity index (χ3n) is 4.75. The molecule has 8 heteroatoms. The van der Waals surface area contributed by atoms with Crippen molar-refractivity contribution in [2.75, 3.05) is 6.54 Å². The Bertz CT molecular complexity index is 1090. The Labute approximate surface area is 166 Å². The summed E-state index contributed by atoms with van der Waals surface area (Å²) in [5.74, 6) is 0.506. The van der Waals surface area contributed by atoms with Gasteiger partial charge in [-0.3, -0.25) is 14.2 Å². The molecule has 0 atom stereocenters. The lowest BCUT2D eigenvalue weighted by atomic mass is 10.1. The second-order valence-corrected chi connectivity index (χ2v) is 7.22. The van der Waals surface area contributed by atoms with Crippen molar-refractivity contribution in [3.05, 3.63) is 69.1 Å². The normalized spacial score (nSPS) is 13.5. The standard InChI is InChI=1S/C20H19ClN4O3/c1-12-18(19(24-28-12)14-4-2-3-5-15(14)21)20(27)22-8-9-25-11-23-16(10-17(25)26)13-6-7-13/h2-5,10-11,13H,6-9H2,1H3,(H,22,27).